The van der Waals surface area contributed by atoms with Crippen LogP contribution in [0.1, 0.15) is 173 Å². The maximum absolute atomic E-state index is 6.09. The summed E-state index contributed by atoms with van der Waals surface area (Å²) in [6.45, 7) is 6.19. The van der Waals surface area contributed by atoms with E-state index in [0.717, 1.165) is 19.6 Å². The molecule has 2 aliphatic rings. The van der Waals surface area contributed by atoms with Crippen molar-refractivity contribution < 1.29 is 9.31 Å². The molecule has 2 nitrogen and oxygen atoms in total. The molecule has 4 heteroatoms. The Kier molecular flexibility index (Phi) is 16.4. The van der Waals surface area contributed by atoms with Crippen molar-refractivity contribution in [2.75, 3.05) is 13.2 Å². The third-order valence-electron chi connectivity index (χ3n) is 10.4. The summed E-state index contributed by atoms with van der Waals surface area (Å²) in [5.41, 5.74) is 7.25. The summed E-state index contributed by atoms with van der Waals surface area (Å²) in [4.78, 5) is 0. The molecule has 1 saturated heterocycles. The van der Waals surface area contributed by atoms with Crippen molar-refractivity contribution in [3.05, 3.63) is 52.0 Å². The summed E-state index contributed by atoms with van der Waals surface area (Å²) in [5.74, 6) is 0. The van der Waals surface area contributed by atoms with Crippen LogP contribution < -0.4 is 5.46 Å². The summed E-state index contributed by atoms with van der Waals surface area (Å²) in [7, 11) is -0.225. The number of hydrogen-bond donors (Lipinski definition) is 0. The molecule has 0 aromatic heterocycles. The van der Waals surface area contributed by atoms with Crippen molar-refractivity contribution in [2.45, 2.75) is 167 Å². The van der Waals surface area contributed by atoms with Gasteiger partial charge in [0.25, 0.3) is 0 Å². The third-order valence-corrected chi connectivity index (χ3v) is 10.9. The molecule has 0 N–H and O–H groups in total. The van der Waals surface area contributed by atoms with Crippen molar-refractivity contribution >= 4 is 28.5 Å². The normalized spacial score (nSPS) is 15.5. The molecular weight excluding hydrogens is 603 g/mol. The Bertz CT molecular complexity index is 1060. The second kappa shape index (κ2) is 20.2. The fourth-order valence-electron chi connectivity index (χ4n) is 7.80. The van der Waals surface area contributed by atoms with Gasteiger partial charge < -0.3 is 9.31 Å². The lowest BCUT2D eigenvalue weighted by Gasteiger charge is -2.33. The van der Waals surface area contributed by atoms with E-state index in [1.807, 2.05) is 0 Å². The molecule has 0 spiro atoms. The predicted octanol–water partition coefficient (Wildman–Crippen LogP) is 12.5. The average molecular weight is 666 g/mol. The van der Waals surface area contributed by atoms with Crippen LogP contribution in [-0.4, -0.2) is 20.3 Å². The van der Waals surface area contributed by atoms with Crippen molar-refractivity contribution in [1.82, 2.24) is 0 Å². The lowest BCUT2D eigenvalue weighted by Crippen LogP contribution is -2.41. The van der Waals surface area contributed by atoms with Gasteiger partial charge in [-0.05, 0) is 59.1 Å². The largest absolute Gasteiger partial charge is 0.493 e. The van der Waals surface area contributed by atoms with Crippen LogP contribution in [0.25, 0.3) is 11.1 Å². The van der Waals surface area contributed by atoms with Gasteiger partial charge in [0.15, 0.2) is 0 Å². The first-order valence-electron chi connectivity index (χ1n) is 18.9. The molecule has 0 amide bonds. The Hall–Kier alpha value is -1.10. The molecule has 0 radical (unpaired) electrons. The number of hydrogen-bond acceptors (Lipinski definition) is 2. The monoisotopic (exact) mass is 664 g/mol. The van der Waals surface area contributed by atoms with E-state index in [-0.39, 0.29) is 12.5 Å². The van der Waals surface area contributed by atoms with E-state index < -0.39 is 0 Å². The summed E-state index contributed by atoms with van der Waals surface area (Å²) < 4.78 is 13.4. The van der Waals surface area contributed by atoms with Crippen LogP contribution in [0.15, 0.2) is 40.9 Å². The van der Waals surface area contributed by atoms with E-state index >= 15 is 0 Å². The molecule has 0 bridgehead atoms. The minimum Gasteiger partial charge on any atom is -0.407 e. The van der Waals surface area contributed by atoms with Crippen LogP contribution in [0.5, 0.6) is 0 Å². The van der Waals surface area contributed by atoms with Crippen LogP contribution in [0.2, 0.25) is 0 Å². The van der Waals surface area contributed by atoms with Crippen LogP contribution in [0, 0.1) is 0 Å². The van der Waals surface area contributed by atoms with Crippen molar-refractivity contribution in [1.29, 1.82) is 0 Å². The van der Waals surface area contributed by atoms with E-state index in [4.69, 9.17) is 9.31 Å². The Morgan fingerprint density at radius 2 is 1.00 bits per heavy atom. The molecule has 44 heavy (non-hydrogen) atoms. The fraction of sp³-hybridized carbons (Fsp3) is 0.700. The molecule has 4 rings (SSSR count). The quantitative estimate of drug-likeness (QED) is 0.0869. The van der Waals surface area contributed by atoms with E-state index in [0.29, 0.717) is 0 Å². The third kappa shape index (κ3) is 10.5. The van der Waals surface area contributed by atoms with E-state index in [1.54, 1.807) is 5.56 Å². The highest BCUT2D eigenvalue weighted by molar-refractivity contribution is 9.10. The van der Waals surface area contributed by atoms with Crippen LogP contribution in [-0.2, 0) is 14.7 Å². The molecule has 1 heterocycles. The molecule has 244 valence electrons. The standard InChI is InChI=1S/C40H62BBrO2/c1-3-5-7-9-11-13-15-17-19-21-28-40(29-22-20-18-16-14-12-10-8-6-4-2)38-32-34(41-43-30-23-31-44-41)24-26-36(38)37-27-25-35(42)33-39(37)40/h24-27,32-33H,3-23,28-31H2,1-2H3. The van der Waals surface area contributed by atoms with Crippen molar-refractivity contribution in [3.8, 4) is 11.1 Å². The number of halogens is 1. The molecule has 2 aromatic carbocycles. The van der Waals surface area contributed by atoms with Crippen LogP contribution in [0.3, 0.4) is 0 Å². The predicted molar refractivity (Wildman–Crippen MR) is 195 cm³/mol. The highest BCUT2D eigenvalue weighted by atomic mass is 79.9. The number of fused-ring (bicyclic) bond motifs is 3. The van der Waals surface area contributed by atoms with Gasteiger partial charge >= 0.3 is 7.12 Å². The maximum Gasteiger partial charge on any atom is 0.493 e. The second-order valence-corrected chi connectivity index (χ2v) is 14.8. The van der Waals surface area contributed by atoms with E-state index in [9.17, 15) is 0 Å². The fourth-order valence-corrected chi connectivity index (χ4v) is 8.17. The van der Waals surface area contributed by atoms with Gasteiger partial charge in [0.05, 0.1) is 0 Å². The maximum atomic E-state index is 6.09. The van der Waals surface area contributed by atoms with Gasteiger partial charge in [-0.3, -0.25) is 0 Å². The number of unbranched alkanes of at least 4 members (excludes halogenated alkanes) is 18. The molecule has 0 unspecified atom stereocenters. The first kappa shape index (κ1) is 35.8. The Balaban J connectivity index is 1.44. The van der Waals surface area contributed by atoms with Crippen LogP contribution in [0.4, 0.5) is 0 Å². The van der Waals surface area contributed by atoms with Gasteiger partial charge in [-0.15, -0.1) is 0 Å². The van der Waals surface area contributed by atoms with Crippen molar-refractivity contribution in [2.24, 2.45) is 0 Å². The number of rotatable bonds is 23. The number of benzene rings is 2. The summed E-state index contributed by atoms with van der Waals surface area (Å²) in [6, 6.07) is 14.2. The zero-order valence-corrected chi connectivity index (χ0v) is 30.0. The molecule has 0 saturated carbocycles. The molecule has 1 aliphatic heterocycles. The van der Waals surface area contributed by atoms with Gasteiger partial charge in [-0.25, -0.2) is 0 Å². The molecule has 0 atom stereocenters. The zero-order chi connectivity index (χ0) is 30.9. The second-order valence-electron chi connectivity index (χ2n) is 13.9. The average Bonchev–Trinajstić information content (AvgIpc) is 3.31. The van der Waals surface area contributed by atoms with Gasteiger partial charge in [-0.2, -0.15) is 0 Å². The van der Waals surface area contributed by atoms with Gasteiger partial charge in [0, 0.05) is 23.1 Å². The van der Waals surface area contributed by atoms with E-state index in [1.165, 1.54) is 168 Å². The minimum atomic E-state index is -0.225. The smallest absolute Gasteiger partial charge is 0.407 e. The zero-order valence-electron chi connectivity index (χ0n) is 28.4. The minimum absolute atomic E-state index is 0.0828. The van der Waals surface area contributed by atoms with Gasteiger partial charge in [-0.1, -0.05) is 182 Å². The lowest BCUT2D eigenvalue weighted by atomic mass is 9.68. The Labute approximate surface area is 280 Å². The summed E-state index contributed by atoms with van der Waals surface area (Å²) >= 11 is 3.86. The van der Waals surface area contributed by atoms with Crippen molar-refractivity contribution in [3.63, 3.8) is 0 Å². The highest BCUT2D eigenvalue weighted by Gasteiger charge is 2.43. The Morgan fingerprint density at radius 1 is 0.568 bits per heavy atom. The van der Waals surface area contributed by atoms with Gasteiger partial charge in [0.2, 0.25) is 0 Å². The van der Waals surface area contributed by atoms with Crippen LogP contribution >= 0.6 is 15.9 Å². The molecular formula is C40H62BBrO2. The highest BCUT2D eigenvalue weighted by Crippen LogP contribution is 2.54. The summed E-state index contributed by atoms with van der Waals surface area (Å²) in [5, 5.41) is 0. The first-order valence-corrected chi connectivity index (χ1v) is 19.7. The van der Waals surface area contributed by atoms with E-state index in [2.05, 4.69) is 66.2 Å². The van der Waals surface area contributed by atoms with Gasteiger partial charge in [0.1, 0.15) is 0 Å². The first-order chi connectivity index (χ1) is 21.7. The SMILES string of the molecule is CCCCCCCCCCCCC1(CCCCCCCCCCCC)c2cc(Br)ccc2-c2ccc(B3OCCCO3)cc21. The summed E-state index contributed by atoms with van der Waals surface area (Å²) in [6.07, 6.45) is 31.2. The molecule has 1 fully saturated rings. The lowest BCUT2D eigenvalue weighted by molar-refractivity contribution is 0.143. The Morgan fingerprint density at radius 3 is 1.50 bits per heavy atom. The molecule has 2 aromatic rings. The molecule has 1 aliphatic carbocycles. The topological polar surface area (TPSA) is 18.5 Å².